The normalized spacial score (nSPS) is 16.7. The van der Waals surface area contributed by atoms with E-state index in [1.807, 2.05) is 43.0 Å². The molecule has 1 atom stereocenters. The number of nitrogens with two attached hydrogens (primary N) is 1. The Morgan fingerprint density at radius 1 is 0.976 bits per heavy atom. The van der Waals surface area contributed by atoms with Crippen LogP contribution in [0.4, 0.5) is 10.1 Å². The molecule has 1 aliphatic heterocycles. The molecule has 1 aliphatic rings. The zero-order chi connectivity index (χ0) is 29.5. The van der Waals surface area contributed by atoms with E-state index in [9.17, 15) is 9.18 Å². The molecular weight excluding hydrogens is 535 g/mol. The van der Waals surface area contributed by atoms with Gasteiger partial charge in [0.2, 0.25) is 11.7 Å². The van der Waals surface area contributed by atoms with Gasteiger partial charge in [0.25, 0.3) is 0 Å². The lowest BCUT2D eigenvalue weighted by Crippen LogP contribution is -2.83. The first-order chi connectivity index (χ1) is 20.4. The van der Waals surface area contributed by atoms with Gasteiger partial charge in [0.1, 0.15) is 23.9 Å². The van der Waals surface area contributed by atoms with Crippen molar-refractivity contribution in [2.24, 2.45) is 5.41 Å². The topological polar surface area (TPSA) is 110 Å². The summed E-state index contributed by atoms with van der Waals surface area (Å²) >= 11 is 0. The number of aromatic amines is 1. The number of halogens is 1. The van der Waals surface area contributed by atoms with Crippen molar-refractivity contribution in [3.8, 4) is 34.0 Å². The van der Waals surface area contributed by atoms with E-state index in [2.05, 4.69) is 45.0 Å². The molecule has 0 radical (unpaired) electrons. The standard InChI is InChI=1S/C32H37FN6O3/c1-4-32(19-29(40)39(21-32)26-13-9-24(10-14-26)31-35-37-38-36-31)15-16-34-20-22-17-27(41-5-2)30(28(18-22)42-6-3)23-7-11-25(33)12-8-23/h7-14,17-18,34H,4-6,15-16,19-21H2,1-3H3,(H,35,36,37,38)/p+1. The number of nitrogens with zero attached hydrogens (tertiary/aromatic N) is 4. The molecule has 1 aromatic heterocycles. The Morgan fingerprint density at radius 2 is 1.64 bits per heavy atom. The Labute approximate surface area is 245 Å². The Balaban J connectivity index is 1.24. The van der Waals surface area contributed by atoms with Gasteiger partial charge in [-0.2, -0.15) is 5.21 Å². The van der Waals surface area contributed by atoms with Crippen LogP contribution in [0.5, 0.6) is 11.5 Å². The molecule has 4 aromatic rings. The minimum Gasteiger partial charge on any atom is -0.493 e. The first kappa shape index (κ1) is 29.2. The number of carbonyl (C=O) groups is 1. The summed E-state index contributed by atoms with van der Waals surface area (Å²) in [5.41, 5.74) is 4.44. The zero-order valence-corrected chi connectivity index (χ0v) is 24.4. The van der Waals surface area contributed by atoms with Gasteiger partial charge in [0.05, 0.1) is 25.3 Å². The van der Waals surface area contributed by atoms with E-state index in [1.54, 1.807) is 12.1 Å². The van der Waals surface area contributed by atoms with Crippen LogP contribution in [0.2, 0.25) is 0 Å². The maximum Gasteiger partial charge on any atom is 0.227 e. The van der Waals surface area contributed by atoms with Crippen molar-refractivity contribution in [1.82, 2.24) is 20.6 Å². The fourth-order valence-corrected chi connectivity index (χ4v) is 5.67. The highest BCUT2D eigenvalue weighted by atomic mass is 19.1. The van der Waals surface area contributed by atoms with Crippen LogP contribution >= 0.6 is 0 Å². The molecule has 5 rings (SSSR count). The number of H-pyrrole nitrogens is 1. The molecule has 3 N–H and O–H groups in total. The zero-order valence-electron chi connectivity index (χ0n) is 24.4. The number of hydrogen-bond donors (Lipinski definition) is 2. The van der Waals surface area contributed by atoms with Crippen molar-refractivity contribution in [2.45, 2.75) is 46.6 Å². The van der Waals surface area contributed by atoms with Crippen LogP contribution in [0.25, 0.3) is 22.5 Å². The summed E-state index contributed by atoms with van der Waals surface area (Å²) in [7, 11) is 0. The Hall–Kier alpha value is -4.31. The third kappa shape index (κ3) is 6.44. The lowest BCUT2D eigenvalue weighted by atomic mass is 9.81. The van der Waals surface area contributed by atoms with Crippen molar-refractivity contribution in [1.29, 1.82) is 0 Å². The molecule has 1 fully saturated rings. The van der Waals surface area contributed by atoms with E-state index in [0.717, 1.165) is 65.4 Å². The lowest BCUT2D eigenvalue weighted by molar-refractivity contribution is -0.672. The van der Waals surface area contributed by atoms with Gasteiger partial charge in [-0.25, -0.2) is 4.39 Å². The summed E-state index contributed by atoms with van der Waals surface area (Å²) in [6.07, 6.45) is 2.40. The van der Waals surface area contributed by atoms with Crippen LogP contribution in [0, 0.1) is 11.2 Å². The molecule has 2 heterocycles. The molecule has 10 heteroatoms. The quantitative estimate of drug-likeness (QED) is 0.223. The molecule has 220 valence electrons. The van der Waals surface area contributed by atoms with Gasteiger partial charge in [0.15, 0.2) is 0 Å². The van der Waals surface area contributed by atoms with E-state index in [0.29, 0.717) is 32.0 Å². The van der Waals surface area contributed by atoms with Crippen molar-refractivity contribution in [3.05, 3.63) is 72.0 Å². The highest BCUT2D eigenvalue weighted by Crippen LogP contribution is 2.41. The van der Waals surface area contributed by atoms with Crippen molar-refractivity contribution >= 4 is 11.6 Å². The number of tetrazole rings is 1. The highest BCUT2D eigenvalue weighted by Gasteiger charge is 2.42. The van der Waals surface area contributed by atoms with Gasteiger partial charge in [-0.15, -0.1) is 10.2 Å². The predicted molar refractivity (Wildman–Crippen MR) is 159 cm³/mol. The fraction of sp³-hybridized carbons (Fsp3) is 0.375. The predicted octanol–water partition coefficient (Wildman–Crippen LogP) is 4.76. The molecule has 1 saturated heterocycles. The highest BCUT2D eigenvalue weighted by molar-refractivity contribution is 5.96. The number of aromatic nitrogens is 4. The SMILES string of the molecule is CCOc1cc(C[NH2+]CCC2(CC)CC(=O)N(c3ccc(-c4nn[nH]n4)cc3)C2)cc(OCC)c1-c1ccc(F)cc1. The smallest absolute Gasteiger partial charge is 0.227 e. The molecular formula is C32H38FN6O3+. The maximum atomic E-state index is 13.6. The van der Waals surface area contributed by atoms with Gasteiger partial charge in [-0.05, 0) is 79.6 Å². The number of hydrogen-bond acceptors (Lipinski definition) is 6. The van der Waals surface area contributed by atoms with E-state index in [-0.39, 0.29) is 17.1 Å². The second-order valence-electron chi connectivity index (χ2n) is 10.7. The van der Waals surface area contributed by atoms with Gasteiger partial charge in [0, 0.05) is 41.6 Å². The molecule has 1 amide bonds. The Kier molecular flexibility index (Phi) is 9.12. The van der Waals surface area contributed by atoms with Crippen LogP contribution in [0.15, 0.2) is 60.7 Å². The third-order valence-corrected chi connectivity index (χ3v) is 7.97. The van der Waals surface area contributed by atoms with Crippen molar-refractivity contribution < 1.29 is 24.0 Å². The van der Waals surface area contributed by atoms with E-state index in [1.165, 1.54) is 12.1 Å². The van der Waals surface area contributed by atoms with Crippen molar-refractivity contribution in [3.63, 3.8) is 0 Å². The molecule has 0 aliphatic carbocycles. The lowest BCUT2D eigenvalue weighted by Gasteiger charge is -2.27. The number of carbonyl (C=O) groups excluding carboxylic acids is 1. The van der Waals surface area contributed by atoms with E-state index >= 15 is 0 Å². The largest absolute Gasteiger partial charge is 0.493 e. The first-order valence-corrected chi connectivity index (χ1v) is 14.6. The number of nitrogens with one attached hydrogen (secondary N) is 1. The molecule has 1 unspecified atom stereocenters. The second kappa shape index (κ2) is 13.1. The number of quaternary nitrogens is 1. The second-order valence-corrected chi connectivity index (χ2v) is 10.7. The number of benzene rings is 3. The molecule has 42 heavy (non-hydrogen) atoms. The average Bonchev–Trinajstić information content (AvgIpc) is 3.65. The van der Waals surface area contributed by atoms with Crippen LogP contribution in [0.3, 0.4) is 0 Å². The summed E-state index contributed by atoms with van der Waals surface area (Å²) in [5, 5.41) is 16.4. The number of anilines is 1. The first-order valence-electron chi connectivity index (χ1n) is 14.6. The van der Waals surface area contributed by atoms with Gasteiger partial charge < -0.3 is 19.7 Å². The summed E-state index contributed by atoms with van der Waals surface area (Å²) in [6, 6.07) is 18.2. The monoisotopic (exact) mass is 573 g/mol. The summed E-state index contributed by atoms with van der Waals surface area (Å²) < 4.78 is 25.6. The minimum atomic E-state index is -0.281. The number of rotatable bonds is 13. The minimum absolute atomic E-state index is 0.0701. The van der Waals surface area contributed by atoms with E-state index in [4.69, 9.17) is 9.47 Å². The number of amides is 1. The molecule has 0 spiro atoms. The third-order valence-electron chi connectivity index (χ3n) is 7.97. The molecule has 9 nitrogen and oxygen atoms in total. The molecule has 3 aromatic carbocycles. The van der Waals surface area contributed by atoms with Gasteiger partial charge in [-0.3, -0.25) is 4.79 Å². The maximum absolute atomic E-state index is 13.6. The van der Waals surface area contributed by atoms with Crippen LogP contribution in [-0.4, -0.2) is 52.8 Å². The van der Waals surface area contributed by atoms with Crippen LogP contribution in [-0.2, 0) is 11.3 Å². The fourth-order valence-electron chi connectivity index (χ4n) is 5.67. The summed E-state index contributed by atoms with van der Waals surface area (Å²) in [4.78, 5) is 15.0. The van der Waals surface area contributed by atoms with E-state index < -0.39 is 0 Å². The van der Waals surface area contributed by atoms with Crippen molar-refractivity contribution in [2.75, 3.05) is 31.2 Å². The molecule has 0 saturated carbocycles. The summed E-state index contributed by atoms with van der Waals surface area (Å²) in [6.45, 7) is 9.43. The van der Waals surface area contributed by atoms with Gasteiger partial charge >= 0.3 is 0 Å². The Bertz CT molecular complexity index is 1450. The molecule has 0 bridgehead atoms. The average molecular weight is 574 g/mol. The van der Waals surface area contributed by atoms with Gasteiger partial charge in [-0.1, -0.05) is 19.1 Å². The Morgan fingerprint density at radius 3 is 2.24 bits per heavy atom. The van der Waals surface area contributed by atoms with Crippen LogP contribution in [0.1, 0.15) is 45.6 Å². The summed E-state index contributed by atoms with van der Waals surface area (Å²) in [5.74, 6) is 1.86. The van der Waals surface area contributed by atoms with Crippen LogP contribution < -0.4 is 19.7 Å². The number of ether oxygens (including phenoxy) is 2.